The topological polar surface area (TPSA) is 57.6 Å². The molecule has 1 amide bonds. The molecule has 2 atom stereocenters. The lowest BCUT2D eigenvalue weighted by Crippen LogP contribution is -2.42. The number of amides is 1. The number of piperidine rings is 1. The van der Waals surface area contributed by atoms with E-state index in [-0.39, 0.29) is 24.2 Å². The molecule has 1 aliphatic heterocycles. The van der Waals surface area contributed by atoms with Gasteiger partial charge in [0.05, 0.1) is 5.92 Å². The third kappa shape index (κ3) is 3.59. The minimum atomic E-state index is -0.777. The molecule has 4 nitrogen and oxygen atoms in total. The summed E-state index contributed by atoms with van der Waals surface area (Å²) in [5.74, 6) is -0.750. The van der Waals surface area contributed by atoms with Crippen molar-refractivity contribution in [2.45, 2.75) is 32.1 Å². The first-order chi connectivity index (χ1) is 9.58. The highest BCUT2D eigenvalue weighted by Crippen LogP contribution is 2.24. The monoisotopic (exact) mass is 275 g/mol. The molecule has 1 heterocycles. The number of nitrogens with zero attached hydrogens (tertiary/aromatic N) is 1. The molecule has 2 unspecified atom stereocenters. The van der Waals surface area contributed by atoms with Crippen LogP contribution in [0.25, 0.3) is 0 Å². The molecule has 0 aliphatic carbocycles. The van der Waals surface area contributed by atoms with E-state index < -0.39 is 5.97 Å². The van der Waals surface area contributed by atoms with Gasteiger partial charge in [-0.1, -0.05) is 30.3 Å². The van der Waals surface area contributed by atoms with Gasteiger partial charge < -0.3 is 10.0 Å². The summed E-state index contributed by atoms with van der Waals surface area (Å²) in [4.78, 5) is 25.1. The standard InChI is InChI=1S/C16H21NO3/c1-12(14-7-3-2-4-8-14)16(20)17-9-5-6-13(11-17)10-15(18)19/h2-4,7-8,12-13H,5-6,9-11H2,1H3,(H,18,19). The Hall–Kier alpha value is -1.84. The van der Waals surface area contributed by atoms with Gasteiger partial charge in [-0.3, -0.25) is 9.59 Å². The van der Waals surface area contributed by atoms with Gasteiger partial charge in [0.2, 0.25) is 5.91 Å². The van der Waals surface area contributed by atoms with Crippen molar-refractivity contribution in [3.63, 3.8) is 0 Å². The average Bonchev–Trinajstić information content (AvgIpc) is 2.46. The third-order valence-corrected chi connectivity index (χ3v) is 3.96. The van der Waals surface area contributed by atoms with E-state index in [1.807, 2.05) is 42.2 Å². The Labute approximate surface area is 119 Å². The third-order valence-electron chi connectivity index (χ3n) is 3.96. The normalized spacial score (nSPS) is 20.4. The lowest BCUT2D eigenvalue weighted by atomic mass is 9.92. The van der Waals surface area contributed by atoms with E-state index in [1.165, 1.54) is 0 Å². The van der Waals surface area contributed by atoms with Crippen LogP contribution in [-0.4, -0.2) is 35.0 Å². The minimum absolute atomic E-state index is 0.0909. The van der Waals surface area contributed by atoms with Crippen molar-refractivity contribution in [1.82, 2.24) is 4.90 Å². The highest BCUT2D eigenvalue weighted by Gasteiger charge is 2.28. The quantitative estimate of drug-likeness (QED) is 0.918. The summed E-state index contributed by atoms with van der Waals surface area (Å²) < 4.78 is 0. The van der Waals surface area contributed by atoms with Crippen LogP contribution in [0.4, 0.5) is 0 Å². The summed E-state index contributed by atoms with van der Waals surface area (Å²) in [6.07, 6.45) is 1.95. The lowest BCUT2D eigenvalue weighted by molar-refractivity contribution is -0.141. The number of hydrogen-bond acceptors (Lipinski definition) is 2. The molecule has 1 saturated heterocycles. The van der Waals surface area contributed by atoms with Crippen LogP contribution >= 0.6 is 0 Å². The first-order valence-electron chi connectivity index (χ1n) is 7.13. The molecular weight excluding hydrogens is 254 g/mol. The number of aliphatic carboxylic acids is 1. The second-order valence-electron chi connectivity index (χ2n) is 5.52. The summed E-state index contributed by atoms with van der Waals surface area (Å²) in [5.41, 5.74) is 1.01. The maximum atomic E-state index is 12.5. The molecule has 20 heavy (non-hydrogen) atoms. The molecule has 108 valence electrons. The van der Waals surface area contributed by atoms with Crippen LogP contribution in [-0.2, 0) is 9.59 Å². The number of likely N-dealkylation sites (tertiary alicyclic amines) is 1. The van der Waals surface area contributed by atoms with Crippen molar-refractivity contribution >= 4 is 11.9 Å². The SMILES string of the molecule is CC(C(=O)N1CCCC(CC(=O)O)C1)c1ccccc1. The molecule has 1 fully saturated rings. The second-order valence-corrected chi connectivity index (χ2v) is 5.52. The van der Waals surface area contributed by atoms with Gasteiger partial charge in [-0.25, -0.2) is 0 Å². The van der Waals surface area contributed by atoms with Crippen molar-refractivity contribution in [1.29, 1.82) is 0 Å². The highest BCUT2D eigenvalue weighted by atomic mass is 16.4. The van der Waals surface area contributed by atoms with Gasteiger partial charge in [0.1, 0.15) is 0 Å². The Morgan fingerprint density at radius 1 is 1.35 bits per heavy atom. The lowest BCUT2D eigenvalue weighted by Gasteiger charge is -2.34. The molecule has 1 N–H and O–H groups in total. The van der Waals surface area contributed by atoms with Crippen LogP contribution < -0.4 is 0 Å². The van der Waals surface area contributed by atoms with Crippen LogP contribution in [0, 0.1) is 5.92 Å². The van der Waals surface area contributed by atoms with E-state index >= 15 is 0 Å². The van der Waals surface area contributed by atoms with E-state index in [9.17, 15) is 9.59 Å². The number of hydrogen-bond donors (Lipinski definition) is 1. The zero-order valence-corrected chi connectivity index (χ0v) is 11.8. The van der Waals surface area contributed by atoms with Gasteiger partial charge in [-0.15, -0.1) is 0 Å². The van der Waals surface area contributed by atoms with Crippen LogP contribution in [0.5, 0.6) is 0 Å². The van der Waals surface area contributed by atoms with Crippen LogP contribution in [0.1, 0.15) is 37.7 Å². The average molecular weight is 275 g/mol. The Kier molecular flexibility index (Phi) is 4.77. The Balaban J connectivity index is 1.99. The minimum Gasteiger partial charge on any atom is -0.481 e. The maximum absolute atomic E-state index is 12.5. The fourth-order valence-electron chi connectivity index (χ4n) is 2.84. The summed E-state index contributed by atoms with van der Waals surface area (Å²) in [6, 6.07) is 9.72. The largest absolute Gasteiger partial charge is 0.481 e. The molecule has 1 aromatic carbocycles. The molecule has 0 spiro atoms. The van der Waals surface area contributed by atoms with Crippen molar-refractivity contribution < 1.29 is 14.7 Å². The Bertz CT molecular complexity index is 472. The number of rotatable bonds is 4. The van der Waals surface area contributed by atoms with Crippen molar-refractivity contribution in [2.75, 3.05) is 13.1 Å². The molecule has 0 bridgehead atoms. The molecular formula is C16H21NO3. The van der Waals surface area contributed by atoms with Crippen LogP contribution in [0.2, 0.25) is 0 Å². The number of carboxylic acids is 1. The smallest absolute Gasteiger partial charge is 0.303 e. The van der Waals surface area contributed by atoms with E-state index in [0.29, 0.717) is 6.54 Å². The summed E-state index contributed by atoms with van der Waals surface area (Å²) >= 11 is 0. The molecule has 0 radical (unpaired) electrons. The molecule has 1 aromatic rings. The molecule has 4 heteroatoms. The zero-order valence-electron chi connectivity index (χ0n) is 11.8. The van der Waals surface area contributed by atoms with E-state index in [2.05, 4.69) is 0 Å². The Morgan fingerprint density at radius 3 is 2.70 bits per heavy atom. The number of carbonyl (C=O) groups excluding carboxylic acids is 1. The van der Waals surface area contributed by atoms with Crippen LogP contribution in [0.15, 0.2) is 30.3 Å². The van der Waals surface area contributed by atoms with E-state index in [0.717, 1.165) is 24.9 Å². The number of carboxylic acid groups (broad SMARTS) is 1. The molecule has 2 rings (SSSR count). The summed E-state index contributed by atoms with van der Waals surface area (Å²) in [6.45, 7) is 3.23. The fraction of sp³-hybridized carbons (Fsp3) is 0.500. The highest BCUT2D eigenvalue weighted by molar-refractivity contribution is 5.83. The van der Waals surface area contributed by atoms with Gasteiger partial charge >= 0.3 is 5.97 Å². The predicted molar refractivity (Wildman–Crippen MR) is 76.4 cm³/mol. The summed E-state index contributed by atoms with van der Waals surface area (Å²) in [7, 11) is 0. The Morgan fingerprint density at radius 2 is 2.05 bits per heavy atom. The molecule has 1 aliphatic rings. The zero-order chi connectivity index (χ0) is 14.5. The predicted octanol–water partition coefficient (Wildman–Crippen LogP) is 2.50. The van der Waals surface area contributed by atoms with Crippen LogP contribution in [0.3, 0.4) is 0 Å². The first kappa shape index (κ1) is 14.6. The number of carbonyl (C=O) groups is 2. The van der Waals surface area contributed by atoms with Crippen molar-refractivity contribution in [3.8, 4) is 0 Å². The van der Waals surface area contributed by atoms with E-state index in [1.54, 1.807) is 0 Å². The van der Waals surface area contributed by atoms with Gasteiger partial charge in [0.15, 0.2) is 0 Å². The molecule has 0 saturated carbocycles. The second kappa shape index (κ2) is 6.55. The first-order valence-corrected chi connectivity index (χ1v) is 7.13. The van der Waals surface area contributed by atoms with Gasteiger partial charge in [0, 0.05) is 19.5 Å². The van der Waals surface area contributed by atoms with Gasteiger partial charge in [-0.05, 0) is 31.2 Å². The summed E-state index contributed by atoms with van der Waals surface area (Å²) in [5, 5.41) is 8.87. The fourth-order valence-corrected chi connectivity index (χ4v) is 2.84. The van der Waals surface area contributed by atoms with E-state index in [4.69, 9.17) is 5.11 Å². The van der Waals surface area contributed by atoms with Crippen molar-refractivity contribution in [3.05, 3.63) is 35.9 Å². The van der Waals surface area contributed by atoms with Gasteiger partial charge in [0.25, 0.3) is 0 Å². The number of benzene rings is 1. The maximum Gasteiger partial charge on any atom is 0.303 e. The van der Waals surface area contributed by atoms with Gasteiger partial charge in [-0.2, -0.15) is 0 Å². The van der Waals surface area contributed by atoms with Crippen molar-refractivity contribution in [2.24, 2.45) is 5.92 Å². The molecule has 0 aromatic heterocycles.